The van der Waals surface area contributed by atoms with Crippen molar-refractivity contribution in [3.8, 4) is 0 Å². The number of aliphatic hydroxyl groups is 3. The van der Waals surface area contributed by atoms with Crippen molar-refractivity contribution in [2.24, 2.45) is 0 Å². The van der Waals surface area contributed by atoms with Crippen molar-refractivity contribution in [3.63, 3.8) is 0 Å². The number of hydrogen-bond donors (Lipinski definition) is 6. The minimum absolute atomic E-state index is 0.178. The van der Waals surface area contributed by atoms with Crippen molar-refractivity contribution >= 4 is 23.7 Å². The molecule has 12 heteroatoms. The van der Waals surface area contributed by atoms with E-state index in [2.05, 4.69) is 24.5 Å². The second-order valence-corrected chi connectivity index (χ2v) is 14.0. The van der Waals surface area contributed by atoms with Crippen molar-refractivity contribution in [1.29, 1.82) is 0 Å². The molecule has 292 valence electrons. The summed E-state index contributed by atoms with van der Waals surface area (Å²) in [7, 11) is 0. The first-order chi connectivity index (χ1) is 24.2. The van der Waals surface area contributed by atoms with Crippen LogP contribution in [0.25, 0.3) is 0 Å². The van der Waals surface area contributed by atoms with Gasteiger partial charge in [0.1, 0.15) is 24.4 Å². The van der Waals surface area contributed by atoms with Gasteiger partial charge in [-0.25, -0.2) is 0 Å². The molecule has 0 unspecified atom stereocenters. The van der Waals surface area contributed by atoms with E-state index in [9.17, 15) is 34.5 Å². The molecule has 0 saturated carbocycles. The quantitative estimate of drug-likeness (QED) is 0.0516. The summed E-state index contributed by atoms with van der Waals surface area (Å²) in [6.07, 6.45) is 18.1. The normalized spacial score (nSPS) is 20.4. The van der Waals surface area contributed by atoms with Crippen LogP contribution in [0, 0.1) is 0 Å². The largest absolute Gasteiger partial charge is 0.481 e. The topological polar surface area (TPSA) is 186 Å². The van der Waals surface area contributed by atoms with E-state index in [-0.39, 0.29) is 25.2 Å². The van der Waals surface area contributed by atoms with Crippen LogP contribution in [0.15, 0.2) is 0 Å². The van der Waals surface area contributed by atoms with Crippen LogP contribution in [0.3, 0.4) is 0 Å². The van der Waals surface area contributed by atoms with Crippen LogP contribution in [-0.4, -0.2) is 99.3 Å². The molecule has 3 amide bonds. The summed E-state index contributed by atoms with van der Waals surface area (Å²) in [4.78, 5) is 50.9. The first-order valence-corrected chi connectivity index (χ1v) is 19.9. The third-order valence-electron chi connectivity index (χ3n) is 9.61. The molecule has 0 bridgehead atoms. The van der Waals surface area contributed by atoms with E-state index in [1.54, 1.807) is 0 Å². The first kappa shape index (κ1) is 45.7. The zero-order valence-electron chi connectivity index (χ0n) is 31.3. The van der Waals surface area contributed by atoms with Crippen molar-refractivity contribution < 1.29 is 44.3 Å². The van der Waals surface area contributed by atoms with Gasteiger partial charge in [-0.1, -0.05) is 136 Å². The van der Waals surface area contributed by atoms with Gasteiger partial charge in [0.15, 0.2) is 6.23 Å². The van der Waals surface area contributed by atoms with Gasteiger partial charge < -0.3 is 40.7 Å². The highest BCUT2D eigenvalue weighted by atomic mass is 16.5. The van der Waals surface area contributed by atoms with Crippen LogP contribution in [0.1, 0.15) is 168 Å². The lowest BCUT2D eigenvalue weighted by Gasteiger charge is -2.47. The number of unbranched alkanes of at least 4 members (excludes halogenated alkanes) is 19. The second-order valence-electron chi connectivity index (χ2n) is 14.0. The smallest absolute Gasteiger partial charge is 0.303 e. The molecule has 0 radical (unpaired) electrons. The summed E-state index contributed by atoms with van der Waals surface area (Å²) < 4.78 is 6.03. The Morgan fingerprint density at radius 3 is 1.58 bits per heavy atom. The molecular formula is C38H71N3O9. The van der Waals surface area contributed by atoms with Crippen LogP contribution in [0.2, 0.25) is 0 Å². The summed E-state index contributed by atoms with van der Waals surface area (Å²) in [6.45, 7) is 3.68. The minimum Gasteiger partial charge on any atom is -0.481 e. The van der Waals surface area contributed by atoms with E-state index >= 15 is 0 Å². The maximum atomic E-state index is 13.8. The Morgan fingerprint density at radius 1 is 0.620 bits per heavy atom. The predicted molar refractivity (Wildman–Crippen MR) is 194 cm³/mol. The highest BCUT2D eigenvalue weighted by Crippen LogP contribution is 2.26. The third kappa shape index (κ3) is 20.5. The standard InChI is InChI=1S/C38H71N3O9/c1-3-5-7-9-11-13-14-15-17-19-21-23-27-41(33(45)24-22-20-18-16-12-10-8-6-4-2)38-35(37(49)36(48)30(29-42)50-38)40-32(44)28-39-31(43)25-26-34(46)47/h30,35-38,42,48-49H,3-29H2,1-2H3,(H,39,43)(H,40,44)(H,46,47)/t30-,35-,36-,37-,38-/m1/s1. The molecule has 1 aliphatic heterocycles. The summed E-state index contributed by atoms with van der Waals surface area (Å²) in [6, 6.07) is -1.22. The Labute approximate surface area is 301 Å². The van der Waals surface area contributed by atoms with Gasteiger partial charge in [-0.2, -0.15) is 0 Å². The van der Waals surface area contributed by atoms with Gasteiger partial charge in [-0.3, -0.25) is 19.2 Å². The lowest BCUT2D eigenvalue weighted by Crippen LogP contribution is -2.69. The van der Waals surface area contributed by atoms with Crippen molar-refractivity contribution in [2.75, 3.05) is 19.7 Å². The molecule has 50 heavy (non-hydrogen) atoms. The number of carboxylic acid groups (broad SMARTS) is 1. The van der Waals surface area contributed by atoms with Gasteiger partial charge in [0.25, 0.3) is 0 Å². The Balaban J connectivity index is 2.85. The summed E-state index contributed by atoms with van der Waals surface area (Å²) in [5, 5.41) is 45.5. The molecule has 0 aromatic rings. The molecule has 12 nitrogen and oxygen atoms in total. The van der Waals surface area contributed by atoms with Crippen LogP contribution >= 0.6 is 0 Å². The van der Waals surface area contributed by atoms with Gasteiger partial charge in [0.2, 0.25) is 17.7 Å². The van der Waals surface area contributed by atoms with E-state index in [0.717, 1.165) is 38.5 Å². The van der Waals surface area contributed by atoms with Crippen LogP contribution in [0.4, 0.5) is 0 Å². The predicted octanol–water partition coefficient (Wildman–Crippen LogP) is 5.34. The SMILES string of the molecule is CCCCCCCCCCCCCCN(C(=O)CCCCCCCCCCC)[C@@H]1O[C@H](CO)[C@@H](O)[C@H](O)[C@H]1NC(=O)CNC(=O)CCC(=O)O. The maximum absolute atomic E-state index is 13.8. The van der Waals surface area contributed by atoms with Gasteiger partial charge in [0.05, 0.1) is 19.6 Å². The molecule has 1 rings (SSSR count). The van der Waals surface area contributed by atoms with Gasteiger partial charge in [-0.05, 0) is 12.8 Å². The molecule has 6 N–H and O–H groups in total. The Hall–Kier alpha value is -2.28. The number of nitrogens with zero attached hydrogens (tertiary/aromatic N) is 1. The average Bonchev–Trinajstić information content (AvgIpc) is 3.10. The highest BCUT2D eigenvalue weighted by Gasteiger charge is 2.48. The van der Waals surface area contributed by atoms with E-state index < -0.39 is 61.5 Å². The Kier molecular flexibility index (Phi) is 26.8. The first-order valence-electron chi connectivity index (χ1n) is 19.9. The molecule has 0 spiro atoms. The summed E-state index contributed by atoms with van der Waals surface area (Å²) in [5.74, 6) is -2.63. The lowest BCUT2D eigenvalue weighted by atomic mass is 9.94. The number of amides is 3. The van der Waals surface area contributed by atoms with E-state index in [1.807, 2.05) is 0 Å². The van der Waals surface area contributed by atoms with Crippen LogP contribution < -0.4 is 10.6 Å². The highest BCUT2D eigenvalue weighted by molar-refractivity contribution is 5.86. The molecule has 1 fully saturated rings. The van der Waals surface area contributed by atoms with Gasteiger partial charge in [0, 0.05) is 19.4 Å². The number of aliphatic carboxylic acids is 1. The maximum Gasteiger partial charge on any atom is 0.303 e. The molecule has 0 aliphatic carbocycles. The molecule has 0 aromatic carbocycles. The second kappa shape index (κ2) is 29.3. The number of carboxylic acids is 1. The van der Waals surface area contributed by atoms with E-state index in [4.69, 9.17) is 9.84 Å². The zero-order chi connectivity index (χ0) is 37.0. The minimum atomic E-state index is -1.55. The van der Waals surface area contributed by atoms with Gasteiger partial charge >= 0.3 is 5.97 Å². The van der Waals surface area contributed by atoms with Crippen molar-refractivity contribution in [3.05, 3.63) is 0 Å². The molecule has 1 aliphatic rings. The van der Waals surface area contributed by atoms with E-state index in [0.29, 0.717) is 19.4 Å². The molecule has 1 heterocycles. The number of carbonyl (C=O) groups excluding carboxylic acids is 3. The molecule has 1 saturated heterocycles. The number of nitrogens with one attached hydrogen (secondary N) is 2. The Bertz CT molecular complexity index is 922. The number of carbonyl (C=O) groups is 4. The van der Waals surface area contributed by atoms with E-state index in [1.165, 1.54) is 88.4 Å². The average molecular weight is 714 g/mol. The lowest BCUT2D eigenvalue weighted by molar-refractivity contribution is -0.231. The fourth-order valence-electron chi connectivity index (χ4n) is 6.49. The monoisotopic (exact) mass is 714 g/mol. The number of aliphatic hydroxyl groups excluding tert-OH is 3. The fraction of sp³-hybridized carbons (Fsp3) is 0.895. The summed E-state index contributed by atoms with van der Waals surface area (Å²) in [5.41, 5.74) is 0. The van der Waals surface area contributed by atoms with Crippen molar-refractivity contribution in [1.82, 2.24) is 15.5 Å². The summed E-state index contributed by atoms with van der Waals surface area (Å²) >= 11 is 0. The Morgan fingerprint density at radius 2 is 1.10 bits per heavy atom. The third-order valence-corrected chi connectivity index (χ3v) is 9.61. The number of rotatable bonds is 31. The van der Waals surface area contributed by atoms with Crippen LogP contribution in [-0.2, 0) is 23.9 Å². The van der Waals surface area contributed by atoms with Crippen molar-refractivity contribution in [2.45, 2.75) is 199 Å². The molecule has 5 atom stereocenters. The fourth-order valence-corrected chi connectivity index (χ4v) is 6.49. The van der Waals surface area contributed by atoms with Gasteiger partial charge in [-0.15, -0.1) is 0 Å². The molecular weight excluding hydrogens is 642 g/mol. The van der Waals surface area contributed by atoms with Crippen LogP contribution in [0.5, 0.6) is 0 Å². The number of hydrogen-bond acceptors (Lipinski definition) is 8. The number of ether oxygens (including phenoxy) is 1. The molecule has 0 aromatic heterocycles. The zero-order valence-corrected chi connectivity index (χ0v) is 31.3.